The first-order valence-electron chi connectivity index (χ1n) is 7.36. The molecule has 1 aromatic carbocycles. The molecule has 23 heavy (non-hydrogen) atoms. The van der Waals surface area contributed by atoms with E-state index >= 15 is 0 Å². The SMILES string of the molecule is NCC(=O)NC(=O)c1ncccc1OCCCc1ccccc1. The lowest BCUT2D eigenvalue weighted by Gasteiger charge is -2.10. The summed E-state index contributed by atoms with van der Waals surface area (Å²) in [6.45, 7) is 0.192. The van der Waals surface area contributed by atoms with E-state index in [2.05, 4.69) is 22.4 Å². The van der Waals surface area contributed by atoms with Crippen molar-refractivity contribution in [3.05, 3.63) is 59.9 Å². The van der Waals surface area contributed by atoms with Crippen molar-refractivity contribution < 1.29 is 14.3 Å². The number of carbonyl (C=O) groups excluding carboxylic acids is 2. The highest BCUT2D eigenvalue weighted by Gasteiger charge is 2.15. The Balaban J connectivity index is 1.90. The number of hydrogen-bond donors (Lipinski definition) is 2. The second-order valence-corrected chi connectivity index (χ2v) is 4.87. The van der Waals surface area contributed by atoms with Crippen LogP contribution in [0.5, 0.6) is 5.75 Å². The molecule has 0 saturated carbocycles. The Morgan fingerprint density at radius 2 is 1.91 bits per heavy atom. The Kier molecular flexibility index (Phi) is 6.26. The van der Waals surface area contributed by atoms with Crippen LogP contribution in [0, 0.1) is 0 Å². The average molecular weight is 313 g/mol. The van der Waals surface area contributed by atoms with Crippen molar-refractivity contribution in [2.24, 2.45) is 5.73 Å². The number of hydrogen-bond acceptors (Lipinski definition) is 5. The van der Waals surface area contributed by atoms with Crippen LogP contribution in [0.4, 0.5) is 0 Å². The molecule has 1 aromatic heterocycles. The summed E-state index contributed by atoms with van der Waals surface area (Å²) in [6.07, 6.45) is 3.16. The van der Waals surface area contributed by atoms with Crippen molar-refractivity contribution in [1.29, 1.82) is 0 Å². The molecule has 6 nitrogen and oxygen atoms in total. The summed E-state index contributed by atoms with van der Waals surface area (Å²) in [4.78, 5) is 27.1. The van der Waals surface area contributed by atoms with Crippen LogP contribution in [0.25, 0.3) is 0 Å². The predicted octanol–water partition coefficient (Wildman–Crippen LogP) is 1.31. The lowest BCUT2D eigenvalue weighted by Crippen LogP contribution is -2.36. The van der Waals surface area contributed by atoms with Gasteiger partial charge < -0.3 is 10.5 Å². The number of nitrogens with two attached hydrogens (primary N) is 1. The number of nitrogens with one attached hydrogen (secondary N) is 1. The minimum absolute atomic E-state index is 0.0778. The van der Waals surface area contributed by atoms with Crippen molar-refractivity contribution in [2.45, 2.75) is 12.8 Å². The third kappa shape index (κ3) is 5.19. The van der Waals surface area contributed by atoms with Gasteiger partial charge in [-0.25, -0.2) is 4.98 Å². The Hall–Kier alpha value is -2.73. The smallest absolute Gasteiger partial charge is 0.280 e. The zero-order valence-electron chi connectivity index (χ0n) is 12.7. The topological polar surface area (TPSA) is 94.3 Å². The van der Waals surface area contributed by atoms with E-state index < -0.39 is 11.8 Å². The van der Waals surface area contributed by atoms with Crippen molar-refractivity contribution in [3.8, 4) is 5.75 Å². The largest absolute Gasteiger partial charge is 0.491 e. The van der Waals surface area contributed by atoms with Gasteiger partial charge in [0, 0.05) is 6.20 Å². The quantitative estimate of drug-likeness (QED) is 0.752. The molecule has 2 rings (SSSR count). The monoisotopic (exact) mass is 313 g/mol. The number of carbonyl (C=O) groups is 2. The maximum Gasteiger partial charge on any atom is 0.280 e. The molecule has 0 saturated heterocycles. The number of nitrogens with zero attached hydrogens (tertiary/aromatic N) is 1. The number of ether oxygens (including phenoxy) is 1. The van der Waals surface area contributed by atoms with Gasteiger partial charge in [-0.15, -0.1) is 0 Å². The molecule has 6 heteroatoms. The molecule has 3 N–H and O–H groups in total. The summed E-state index contributed by atoms with van der Waals surface area (Å²) >= 11 is 0. The van der Waals surface area contributed by atoms with Crippen LogP contribution in [0.3, 0.4) is 0 Å². The standard InChI is InChI=1S/C17H19N3O3/c18-12-15(21)20-17(22)16-14(9-4-10-19-16)23-11-5-8-13-6-2-1-3-7-13/h1-4,6-7,9-10H,5,8,11-12,18H2,(H,20,21,22). The first-order chi connectivity index (χ1) is 11.2. The fraction of sp³-hybridized carbons (Fsp3) is 0.235. The molecule has 0 spiro atoms. The van der Waals surface area contributed by atoms with Gasteiger partial charge in [0.1, 0.15) is 0 Å². The van der Waals surface area contributed by atoms with E-state index in [1.54, 1.807) is 12.1 Å². The molecule has 0 atom stereocenters. The Morgan fingerprint density at radius 1 is 1.13 bits per heavy atom. The molecule has 0 aliphatic rings. The molecular formula is C17H19N3O3. The Bertz CT molecular complexity index is 659. The molecule has 0 fully saturated rings. The Morgan fingerprint density at radius 3 is 2.65 bits per heavy atom. The van der Waals surface area contributed by atoms with Crippen LogP contribution in [-0.4, -0.2) is 29.9 Å². The van der Waals surface area contributed by atoms with Gasteiger partial charge in [0.25, 0.3) is 5.91 Å². The average Bonchev–Trinajstić information content (AvgIpc) is 2.59. The second kappa shape index (κ2) is 8.65. The zero-order valence-corrected chi connectivity index (χ0v) is 12.7. The normalized spacial score (nSPS) is 10.1. The molecule has 0 bridgehead atoms. The van der Waals surface area contributed by atoms with Gasteiger partial charge in [0.15, 0.2) is 11.4 Å². The van der Waals surface area contributed by atoms with E-state index in [0.29, 0.717) is 12.4 Å². The number of imide groups is 1. The molecule has 2 amide bonds. The van der Waals surface area contributed by atoms with Gasteiger partial charge in [0.2, 0.25) is 5.91 Å². The van der Waals surface area contributed by atoms with Crippen molar-refractivity contribution in [1.82, 2.24) is 10.3 Å². The van der Waals surface area contributed by atoms with Gasteiger partial charge in [-0.05, 0) is 30.5 Å². The molecule has 0 aliphatic heterocycles. The highest BCUT2D eigenvalue weighted by Crippen LogP contribution is 2.15. The Labute approximate surface area is 134 Å². The number of amides is 2. The number of aryl methyl sites for hydroxylation is 1. The highest BCUT2D eigenvalue weighted by molar-refractivity contribution is 6.05. The van der Waals surface area contributed by atoms with Crippen molar-refractivity contribution >= 4 is 11.8 Å². The third-order valence-electron chi connectivity index (χ3n) is 3.13. The zero-order chi connectivity index (χ0) is 16.5. The fourth-order valence-corrected chi connectivity index (χ4v) is 2.02. The van der Waals surface area contributed by atoms with E-state index in [-0.39, 0.29) is 12.2 Å². The summed E-state index contributed by atoms with van der Waals surface area (Å²) in [6, 6.07) is 13.4. The van der Waals surface area contributed by atoms with Crippen molar-refractivity contribution in [3.63, 3.8) is 0 Å². The number of rotatable bonds is 7. The van der Waals surface area contributed by atoms with Crippen LogP contribution in [0.2, 0.25) is 0 Å². The number of aromatic nitrogens is 1. The van der Waals surface area contributed by atoms with Crippen LogP contribution >= 0.6 is 0 Å². The molecule has 0 radical (unpaired) electrons. The van der Waals surface area contributed by atoms with E-state index in [4.69, 9.17) is 10.5 Å². The van der Waals surface area contributed by atoms with E-state index in [9.17, 15) is 9.59 Å². The predicted molar refractivity (Wildman–Crippen MR) is 86.0 cm³/mol. The van der Waals surface area contributed by atoms with Crippen molar-refractivity contribution in [2.75, 3.05) is 13.2 Å². The second-order valence-electron chi connectivity index (χ2n) is 4.87. The van der Waals surface area contributed by atoms with Gasteiger partial charge in [-0.2, -0.15) is 0 Å². The number of benzene rings is 1. The molecule has 0 unspecified atom stereocenters. The van der Waals surface area contributed by atoms with Crippen LogP contribution in [0.15, 0.2) is 48.7 Å². The van der Waals surface area contributed by atoms with E-state index in [1.807, 2.05) is 18.2 Å². The van der Waals surface area contributed by atoms with Gasteiger partial charge in [-0.1, -0.05) is 30.3 Å². The summed E-state index contributed by atoms with van der Waals surface area (Å²) in [7, 11) is 0. The van der Waals surface area contributed by atoms with Gasteiger partial charge in [-0.3, -0.25) is 14.9 Å². The maximum absolute atomic E-state index is 12.0. The number of pyridine rings is 1. The summed E-state index contributed by atoms with van der Waals surface area (Å²) in [5.74, 6) is -0.822. The first-order valence-corrected chi connectivity index (χ1v) is 7.36. The highest BCUT2D eigenvalue weighted by atomic mass is 16.5. The first kappa shape index (κ1) is 16.6. The lowest BCUT2D eigenvalue weighted by atomic mass is 10.1. The van der Waals surface area contributed by atoms with Crippen LogP contribution in [-0.2, 0) is 11.2 Å². The van der Waals surface area contributed by atoms with Gasteiger partial charge >= 0.3 is 0 Å². The third-order valence-corrected chi connectivity index (χ3v) is 3.13. The van der Waals surface area contributed by atoms with Gasteiger partial charge in [0.05, 0.1) is 13.2 Å². The molecular weight excluding hydrogens is 294 g/mol. The molecule has 120 valence electrons. The minimum atomic E-state index is -0.612. The van der Waals surface area contributed by atoms with E-state index in [0.717, 1.165) is 12.8 Å². The maximum atomic E-state index is 12.0. The van der Waals surface area contributed by atoms with Crippen LogP contribution < -0.4 is 15.8 Å². The molecule has 0 aliphatic carbocycles. The molecule has 2 aromatic rings. The molecule has 1 heterocycles. The summed E-state index contributed by atoms with van der Waals surface area (Å²) in [5.41, 5.74) is 6.48. The summed E-state index contributed by atoms with van der Waals surface area (Å²) in [5, 5.41) is 2.16. The minimum Gasteiger partial charge on any atom is -0.491 e. The summed E-state index contributed by atoms with van der Waals surface area (Å²) < 4.78 is 5.63. The van der Waals surface area contributed by atoms with E-state index in [1.165, 1.54) is 11.8 Å². The lowest BCUT2D eigenvalue weighted by molar-refractivity contribution is -0.118. The van der Waals surface area contributed by atoms with Crippen LogP contribution in [0.1, 0.15) is 22.5 Å². The fourth-order valence-electron chi connectivity index (χ4n) is 2.02.